The maximum Gasteiger partial charge on any atom is 0.260 e. The molecular formula is C19H19ClN2O3S. The molecular weight excluding hydrogens is 372 g/mol. The molecule has 0 unspecified atom stereocenters. The van der Waals surface area contributed by atoms with Gasteiger partial charge in [-0.1, -0.05) is 35.5 Å². The van der Waals surface area contributed by atoms with Crippen molar-refractivity contribution in [1.82, 2.24) is 4.90 Å². The van der Waals surface area contributed by atoms with Crippen LogP contribution in [-0.4, -0.2) is 43.3 Å². The highest BCUT2D eigenvalue weighted by atomic mass is 35.5. The molecule has 0 spiro atoms. The molecule has 0 bridgehead atoms. The Labute approximate surface area is 162 Å². The van der Waals surface area contributed by atoms with Gasteiger partial charge in [-0.2, -0.15) is 0 Å². The van der Waals surface area contributed by atoms with Crippen LogP contribution in [0, 0.1) is 0 Å². The van der Waals surface area contributed by atoms with E-state index in [1.54, 1.807) is 37.3 Å². The zero-order valence-electron chi connectivity index (χ0n) is 14.6. The standard InChI is InChI=1S/C19H19ClN2O3S/c1-24-16-9-14(10-17(11-16)25-2)18(23)22-7-6-21-19(22)26-12-13-4-3-5-15(20)8-13/h3-5,8-11H,6-7,12H2,1-2H3. The van der Waals surface area contributed by atoms with E-state index in [1.807, 2.05) is 24.3 Å². The molecule has 1 heterocycles. The Morgan fingerprint density at radius 2 is 1.92 bits per heavy atom. The molecule has 5 nitrogen and oxygen atoms in total. The number of amides is 1. The number of hydrogen-bond donors (Lipinski definition) is 0. The van der Waals surface area contributed by atoms with Gasteiger partial charge in [-0.05, 0) is 29.8 Å². The summed E-state index contributed by atoms with van der Waals surface area (Å²) in [5, 5.41) is 1.42. The van der Waals surface area contributed by atoms with Crippen molar-refractivity contribution >= 4 is 34.4 Å². The molecule has 3 rings (SSSR count). The summed E-state index contributed by atoms with van der Waals surface area (Å²) in [7, 11) is 3.12. The number of methoxy groups -OCH3 is 2. The van der Waals surface area contributed by atoms with Crippen LogP contribution in [0.5, 0.6) is 11.5 Å². The van der Waals surface area contributed by atoms with Crippen molar-refractivity contribution in [3.63, 3.8) is 0 Å². The summed E-state index contributed by atoms with van der Waals surface area (Å²) in [5.41, 5.74) is 1.60. The van der Waals surface area contributed by atoms with E-state index in [0.717, 1.165) is 10.7 Å². The predicted octanol–water partition coefficient (Wildman–Crippen LogP) is 4.10. The lowest BCUT2D eigenvalue weighted by Gasteiger charge is -2.18. The first kappa shape index (κ1) is 18.6. The van der Waals surface area contributed by atoms with Crippen molar-refractivity contribution in [1.29, 1.82) is 0 Å². The number of thioether (sulfide) groups is 1. The van der Waals surface area contributed by atoms with Crippen LogP contribution in [0.25, 0.3) is 0 Å². The van der Waals surface area contributed by atoms with E-state index in [9.17, 15) is 4.79 Å². The van der Waals surface area contributed by atoms with Gasteiger partial charge in [0, 0.05) is 29.0 Å². The molecule has 2 aromatic carbocycles. The van der Waals surface area contributed by atoms with Crippen LogP contribution in [0.3, 0.4) is 0 Å². The van der Waals surface area contributed by atoms with Crippen LogP contribution in [0.15, 0.2) is 47.5 Å². The van der Waals surface area contributed by atoms with Crippen molar-refractivity contribution in [2.24, 2.45) is 4.99 Å². The number of ether oxygens (including phenoxy) is 2. The monoisotopic (exact) mass is 390 g/mol. The normalized spacial score (nSPS) is 13.5. The lowest BCUT2D eigenvalue weighted by atomic mass is 10.1. The smallest absolute Gasteiger partial charge is 0.260 e. The number of carbonyl (C=O) groups is 1. The molecule has 26 heavy (non-hydrogen) atoms. The zero-order chi connectivity index (χ0) is 18.5. The molecule has 1 amide bonds. The molecule has 136 valence electrons. The Morgan fingerprint density at radius 3 is 2.58 bits per heavy atom. The number of hydrogen-bond acceptors (Lipinski definition) is 5. The second kappa shape index (κ2) is 8.47. The molecule has 7 heteroatoms. The summed E-state index contributed by atoms with van der Waals surface area (Å²) in [6.07, 6.45) is 0. The Morgan fingerprint density at radius 1 is 1.19 bits per heavy atom. The second-order valence-electron chi connectivity index (χ2n) is 5.64. The molecule has 0 aromatic heterocycles. The quantitative estimate of drug-likeness (QED) is 0.771. The maximum atomic E-state index is 13.0. The molecule has 2 aromatic rings. The van der Waals surface area contributed by atoms with E-state index in [1.165, 1.54) is 11.8 Å². The fraction of sp³-hybridized carbons (Fsp3) is 0.263. The molecule has 0 saturated heterocycles. The third-order valence-electron chi connectivity index (χ3n) is 3.90. The van der Waals surface area contributed by atoms with Gasteiger partial charge in [0.1, 0.15) is 11.5 Å². The minimum atomic E-state index is -0.114. The van der Waals surface area contributed by atoms with Gasteiger partial charge in [0.15, 0.2) is 5.17 Å². The molecule has 1 aliphatic heterocycles. The molecule has 0 aliphatic carbocycles. The van der Waals surface area contributed by atoms with Crippen molar-refractivity contribution in [3.8, 4) is 11.5 Å². The molecule has 1 aliphatic rings. The van der Waals surface area contributed by atoms with E-state index in [2.05, 4.69) is 4.99 Å². The maximum absolute atomic E-state index is 13.0. The van der Waals surface area contributed by atoms with Gasteiger partial charge >= 0.3 is 0 Å². The highest BCUT2D eigenvalue weighted by Crippen LogP contribution is 2.26. The third kappa shape index (κ3) is 4.31. The van der Waals surface area contributed by atoms with Crippen molar-refractivity contribution in [2.75, 3.05) is 27.3 Å². The van der Waals surface area contributed by atoms with Crippen LogP contribution in [0.4, 0.5) is 0 Å². The Balaban J connectivity index is 1.74. The van der Waals surface area contributed by atoms with E-state index in [4.69, 9.17) is 21.1 Å². The van der Waals surface area contributed by atoms with Crippen LogP contribution in [0.1, 0.15) is 15.9 Å². The first-order chi connectivity index (χ1) is 12.6. The first-order valence-corrected chi connectivity index (χ1v) is 9.43. The minimum Gasteiger partial charge on any atom is -0.497 e. The summed E-state index contributed by atoms with van der Waals surface area (Å²) in [4.78, 5) is 19.1. The summed E-state index contributed by atoms with van der Waals surface area (Å²) < 4.78 is 10.5. The summed E-state index contributed by atoms with van der Waals surface area (Å²) in [6, 6.07) is 12.8. The van der Waals surface area contributed by atoms with E-state index >= 15 is 0 Å². The van der Waals surface area contributed by atoms with Crippen molar-refractivity contribution < 1.29 is 14.3 Å². The van der Waals surface area contributed by atoms with Gasteiger partial charge in [0.2, 0.25) is 0 Å². The van der Waals surface area contributed by atoms with Gasteiger partial charge < -0.3 is 9.47 Å². The van der Waals surface area contributed by atoms with Crippen molar-refractivity contribution in [2.45, 2.75) is 5.75 Å². The Kier molecular flexibility index (Phi) is 6.06. The molecule has 0 N–H and O–H groups in total. The first-order valence-electron chi connectivity index (χ1n) is 8.07. The summed E-state index contributed by atoms with van der Waals surface area (Å²) >= 11 is 7.56. The predicted molar refractivity (Wildman–Crippen MR) is 106 cm³/mol. The molecule has 0 fully saturated rings. The van der Waals surface area contributed by atoms with E-state index < -0.39 is 0 Å². The fourth-order valence-corrected chi connectivity index (χ4v) is 3.80. The van der Waals surface area contributed by atoms with Crippen LogP contribution in [0.2, 0.25) is 5.02 Å². The van der Waals surface area contributed by atoms with Crippen LogP contribution < -0.4 is 9.47 Å². The number of nitrogens with zero attached hydrogens (tertiary/aromatic N) is 2. The SMILES string of the molecule is COc1cc(OC)cc(C(=O)N2CCN=C2SCc2cccc(Cl)c2)c1. The minimum absolute atomic E-state index is 0.114. The number of amidine groups is 1. The van der Waals surface area contributed by atoms with Crippen molar-refractivity contribution in [3.05, 3.63) is 58.6 Å². The Bertz CT molecular complexity index is 819. The molecule has 0 atom stereocenters. The topological polar surface area (TPSA) is 51.1 Å². The number of halogens is 1. The third-order valence-corrected chi connectivity index (χ3v) is 5.22. The Hall–Kier alpha value is -2.18. The number of aliphatic imine (C=N–C) groups is 1. The number of rotatable bonds is 5. The van der Waals surface area contributed by atoms with Crippen LogP contribution in [-0.2, 0) is 5.75 Å². The summed E-state index contributed by atoms with van der Waals surface area (Å²) in [6.45, 7) is 1.17. The van der Waals surface area contributed by atoms with Gasteiger partial charge in [0.05, 0.1) is 20.8 Å². The fourth-order valence-electron chi connectivity index (χ4n) is 2.60. The summed E-state index contributed by atoms with van der Waals surface area (Å²) in [5.74, 6) is 1.75. The second-order valence-corrected chi connectivity index (χ2v) is 7.02. The lowest BCUT2D eigenvalue weighted by molar-refractivity contribution is 0.0860. The average Bonchev–Trinajstić information content (AvgIpc) is 3.14. The molecule has 0 radical (unpaired) electrons. The lowest BCUT2D eigenvalue weighted by Crippen LogP contribution is -2.32. The van der Waals surface area contributed by atoms with E-state index in [-0.39, 0.29) is 5.91 Å². The molecule has 0 saturated carbocycles. The van der Waals surface area contributed by atoms with Gasteiger partial charge in [-0.15, -0.1) is 0 Å². The van der Waals surface area contributed by atoms with Gasteiger partial charge in [-0.25, -0.2) is 0 Å². The zero-order valence-corrected chi connectivity index (χ0v) is 16.1. The average molecular weight is 391 g/mol. The highest BCUT2D eigenvalue weighted by molar-refractivity contribution is 8.13. The number of carbonyl (C=O) groups excluding carboxylic acids is 1. The van der Waals surface area contributed by atoms with Crippen LogP contribution >= 0.6 is 23.4 Å². The largest absolute Gasteiger partial charge is 0.497 e. The number of benzene rings is 2. The van der Waals surface area contributed by atoms with E-state index in [0.29, 0.717) is 40.9 Å². The van der Waals surface area contributed by atoms with Gasteiger partial charge in [0.25, 0.3) is 5.91 Å². The van der Waals surface area contributed by atoms with Gasteiger partial charge in [-0.3, -0.25) is 14.7 Å². The highest BCUT2D eigenvalue weighted by Gasteiger charge is 2.26.